The number of carboxylic acid groups (broad SMARTS) is 1. The Morgan fingerprint density at radius 3 is 2.35 bits per heavy atom. The predicted octanol–water partition coefficient (Wildman–Crippen LogP) is 2.91. The maximum absolute atomic E-state index is 11.7. The first-order chi connectivity index (χ1) is 10.7. The number of thioether (sulfide) groups is 1. The van der Waals surface area contributed by atoms with Crippen LogP contribution in [-0.2, 0) is 16.0 Å². The third-order valence-electron chi connectivity index (χ3n) is 2.70. The molecule has 6 nitrogen and oxygen atoms in total. The van der Waals surface area contributed by atoms with Gasteiger partial charge in [-0.25, -0.2) is 9.59 Å². The van der Waals surface area contributed by atoms with E-state index in [9.17, 15) is 14.7 Å². The average Bonchev–Trinajstić information content (AvgIpc) is 2.43. The van der Waals surface area contributed by atoms with Crippen LogP contribution in [0.25, 0.3) is 0 Å². The lowest BCUT2D eigenvalue weighted by molar-refractivity contribution is -0.139. The first-order valence-corrected chi connectivity index (χ1v) is 8.53. The average molecular weight is 341 g/mol. The van der Waals surface area contributed by atoms with Crippen LogP contribution in [0.4, 0.5) is 4.79 Å². The number of aliphatic carboxylic acids is 1. The summed E-state index contributed by atoms with van der Waals surface area (Å²) >= 11 is 1.57. The molecule has 0 aliphatic rings. The van der Waals surface area contributed by atoms with Gasteiger partial charge in [0, 0.05) is 6.42 Å². The monoisotopic (exact) mass is 341 g/mol. The highest BCUT2D eigenvalue weighted by Gasteiger charge is 2.24. The number of ether oxygens (including phenoxy) is 2. The zero-order chi connectivity index (χ0) is 17.5. The first-order valence-electron chi connectivity index (χ1n) is 7.14. The van der Waals surface area contributed by atoms with Crippen LogP contribution in [-0.4, -0.2) is 41.0 Å². The molecule has 1 amide bonds. The fourth-order valence-electron chi connectivity index (χ4n) is 1.73. The van der Waals surface area contributed by atoms with Crippen LogP contribution in [0.2, 0.25) is 0 Å². The van der Waals surface area contributed by atoms with Crippen molar-refractivity contribution in [1.29, 1.82) is 0 Å². The molecule has 1 unspecified atom stereocenters. The van der Waals surface area contributed by atoms with Gasteiger partial charge in [-0.15, -0.1) is 11.8 Å². The van der Waals surface area contributed by atoms with Crippen LogP contribution in [0.3, 0.4) is 0 Å². The smallest absolute Gasteiger partial charge is 0.408 e. The quantitative estimate of drug-likeness (QED) is 0.742. The van der Waals surface area contributed by atoms with Crippen LogP contribution in [0, 0.1) is 0 Å². The number of hydrogen-bond donors (Lipinski definition) is 2. The Hall–Kier alpha value is -1.89. The number of carbonyl (C=O) groups is 2. The van der Waals surface area contributed by atoms with Crippen molar-refractivity contribution in [2.24, 2.45) is 0 Å². The molecule has 0 saturated carbocycles. The molecular formula is C16H23NO5S. The summed E-state index contributed by atoms with van der Waals surface area (Å²) in [5, 5.41) is 11.6. The second-order valence-corrected chi connectivity index (χ2v) is 6.75. The number of benzene rings is 1. The molecule has 0 fully saturated rings. The van der Waals surface area contributed by atoms with E-state index in [0.29, 0.717) is 5.94 Å². The number of hydrogen-bond acceptors (Lipinski definition) is 5. The minimum atomic E-state index is -1.11. The summed E-state index contributed by atoms with van der Waals surface area (Å²) in [6.07, 6.45) is 1.36. The third kappa shape index (κ3) is 7.78. The zero-order valence-electron chi connectivity index (χ0n) is 13.8. The van der Waals surface area contributed by atoms with E-state index in [1.807, 2.05) is 6.26 Å². The molecule has 0 aliphatic carbocycles. The molecule has 23 heavy (non-hydrogen) atoms. The van der Waals surface area contributed by atoms with E-state index in [2.05, 4.69) is 5.32 Å². The first kappa shape index (κ1) is 19.2. The highest BCUT2D eigenvalue weighted by atomic mass is 32.2. The van der Waals surface area contributed by atoms with E-state index in [-0.39, 0.29) is 6.42 Å². The Labute approximate surface area is 140 Å². The molecular weight excluding hydrogens is 318 g/mol. The number of amides is 1. The van der Waals surface area contributed by atoms with Gasteiger partial charge in [0.15, 0.2) is 0 Å². The molecule has 2 N–H and O–H groups in total. The van der Waals surface area contributed by atoms with Crippen molar-refractivity contribution < 1.29 is 24.2 Å². The highest BCUT2D eigenvalue weighted by molar-refractivity contribution is 7.98. The Bertz CT molecular complexity index is 524. The summed E-state index contributed by atoms with van der Waals surface area (Å²) < 4.78 is 10.5. The lowest BCUT2D eigenvalue weighted by Crippen LogP contribution is -2.44. The molecule has 0 spiro atoms. The van der Waals surface area contributed by atoms with E-state index < -0.39 is 23.7 Å². The van der Waals surface area contributed by atoms with Crippen LogP contribution in [0.5, 0.6) is 5.75 Å². The minimum absolute atomic E-state index is 0.164. The van der Waals surface area contributed by atoms with Gasteiger partial charge in [0.25, 0.3) is 0 Å². The van der Waals surface area contributed by atoms with Crippen LogP contribution < -0.4 is 10.1 Å². The molecule has 0 heterocycles. The Morgan fingerprint density at radius 2 is 1.87 bits per heavy atom. The van der Waals surface area contributed by atoms with Crippen molar-refractivity contribution in [2.45, 2.75) is 38.8 Å². The second kappa shape index (κ2) is 8.67. The van der Waals surface area contributed by atoms with Crippen molar-refractivity contribution in [1.82, 2.24) is 5.32 Å². The van der Waals surface area contributed by atoms with E-state index in [0.717, 1.165) is 11.3 Å². The molecule has 128 valence electrons. The zero-order valence-corrected chi connectivity index (χ0v) is 14.6. The maximum atomic E-state index is 11.7. The van der Waals surface area contributed by atoms with Crippen molar-refractivity contribution in [3.63, 3.8) is 0 Å². The summed E-state index contributed by atoms with van der Waals surface area (Å²) in [5.41, 5.74) is 0.105. The van der Waals surface area contributed by atoms with Crippen LogP contribution in [0.1, 0.15) is 26.3 Å². The maximum Gasteiger partial charge on any atom is 0.408 e. The van der Waals surface area contributed by atoms with Gasteiger partial charge >= 0.3 is 12.1 Å². The Kier molecular flexibility index (Phi) is 7.22. The molecule has 1 atom stereocenters. The Morgan fingerprint density at radius 1 is 1.26 bits per heavy atom. The SMILES string of the molecule is CSCOc1ccc(CC(NC(=O)OC(C)(C)C)C(=O)O)cc1. The van der Waals surface area contributed by atoms with Gasteiger partial charge in [0.05, 0.1) is 0 Å². The lowest BCUT2D eigenvalue weighted by atomic mass is 10.1. The fraction of sp³-hybridized carbons (Fsp3) is 0.500. The lowest BCUT2D eigenvalue weighted by Gasteiger charge is -2.22. The van der Waals surface area contributed by atoms with Gasteiger partial charge in [-0.2, -0.15) is 0 Å². The fourth-order valence-corrected chi connectivity index (χ4v) is 1.99. The summed E-state index contributed by atoms with van der Waals surface area (Å²) in [7, 11) is 0. The van der Waals surface area contributed by atoms with Gasteiger partial charge in [-0.05, 0) is 44.7 Å². The summed E-state index contributed by atoms with van der Waals surface area (Å²) in [4.78, 5) is 23.0. The van der Waals surface area contributed by atoms with Gasteiger partial charge in [0.1, 0.15) is 23.3 Å². The normalized spacial score (nSPS) is 12.3. The second-order valence-electron chi connectivity index (χ2n) is 5.94. The molecule has 0 bridgehead atoms. The van der Waals surface area contributed by atoms with Crippen molar-refractivity contribution >= 4 is 23.8 Å². The topological polar surface area (TPSA) is 84.9 Å². The number of alkyl carbamates (subject to hydrolysis) is 1. The van der Waals surface area contributed by atoms with Crippen molar-refractivity contribution in [3.8, 4) is 5.75 Å². The van der Waals surface area contributed by atoms with Crippen LogP contribution >= 0.6 is 11.8 Å². The number of rotatable bonds is 7. The van der Waals surface area contributed by atoms with Gasteiger partial charge in [0.2, 0.25) is 0 Å². The summed E-state index contributed by atoms with van der Waals surface area (Å²) in [5.74, 6) is 0.158. The molecule has 0 aromatic heterocycles. The molecule has 1 aromatic carbocycles. The van der Waals surface area contributed by atoms with Gasteiger partial charge < -0.3 is 19.9 Å². The standard InChI is InChI=1S/C16H23NO5S/c1-16(2,3)22-15(20)17-13(14(18)19)9-11-5-7-12(8-6-11)21-10-23-4/h5-8,13H,9-10H2,1-4H3,(H,17,20)(H,18,19). The molecule has 1 rings (SSSR count). The van der Waals surface area contributed by atoms with Crippen molar-refractivity contribution in [3.05, 3.63) is 29.8 Å². The van der Waals surface area contributed by atoms with Crippen LogP contribution in [0.15, 0.2) is 24.3 Å². The third-order valence-corrected chi connectivity index (χ3v) is 3.05. The Balaban J connectivity index is 2.65. The van der Waals surface area contributed by atoms with Gasteiger partial charge in [-0.3, -0.25) is 0 Å². The highest BCUT2D eigenvalue weighted by Crippen LogP contribution is 2.15. The molecule has 1 aromatic rings. The van der Waals surface area contributed by atoms with E-state index >= 15 is 0 Å². The predicted molar refractivity (Wildman–Crippen MR) is 89.9 cm³/mol. The van der Waals surface area contributed by atoms with E-state index in [1.165, 1.54) is 0 Å². The number of carboxylic acids is 1. The number of carbonyl (C=O) groups excluding carboxylic acids is 1. The molecule has 0 saturated heterocycles. The summed E-state index contributed by atoms with van der Waals surface area (Å²) in [6.45, 7) is 5.15. The van der Waals surface area contributed by atoms with E-state index in [1.54, 1.807) is 56.8 Å². The largest absolute Gasteiger partial charge is 0.483 e. The molecule has 0 aliphatic heterocycles. The summed E-state index contributed by atoms with van der Waals surface area (Å²) in [6, 6.07) is 6.06. The van der Waals surface area contributed by atoms with Crippen molar-refractivity contribution in [2.75, 3.05) is 12.2 Å². The number of nitrogens with one attached hydrogen (secondary N) is 1. The van der Waals surface area contributed by atoms with Gasteiger partial charge in [-0.1, -0.05) is 12.1 Å². The minimum Gasteiger partial charge on any atom is -0.483 e. The van der Waals surface area contributed by atoms with E-state index in [4.69, 9.17) is 9.47 Å². The molecule has 7 heteroatoms. The molecule has 0 radical (unpaired) electrons.